The van der Waals surface area contributed by atoms with E-state index in [0.29, 0.717) is 22.3 Å². The second kappa shape index (κ2) is 9.61. The smallest absolute Gasteiger partial charge is 0.335 e. The second-order valence-corrected chi connectivity index (χ2v) is 8.74. The van der Waals surface area contributed by atoms with Crippen LogP contribution < -0.4 is 0 Å². The van der Waals surface area contributed by atoms with Gasteiger partial charge in [-0.2, -0.15) is 0 Å². The van der Waals surface area contributed by atoms with E-state index in [1.54, 1.807) is 0 Å². The van der Waals surface area contributed by atoms with Crippen molar-refractivity contribution in [1.82, 2.24) is 4.90 Å². The van der Waals surface area contributed by atoms with Gasteiger partial charge in [-0.25, -0.2) is 9.59 Å². The molecule has 1 fully saturated rings. The molecule has 0 saturated carbocycles. The number of amides is 2. The molecule has 2 aromatic carbocycles. The topological polar surface area (TPSA) is 142 Å². The molecule has 1 aliphatic rings. The van der Waals surface area contributed by atoms with Crippen molar-refractivity contribution in [2.75, 3.05) is 6.54 Å². The van der Waals surface area contributed by atoms with Gasteiger partial charge in [-0.15, -0.1) is 0 Å². The lowest BCUT2D eigenvalue weighted by Gasteiger charge is -2.11. The number of aromatic carboxylic acids is 2. The lowest BCUT2D eigenvalue weighted by atomic mass is 10.0. The van der Waals surface area contributed by atoms with Crippen LogP contribution in [0.5, 0.6) is 0 Å². The number of benzene rings is 2. The molecule has 2 N–H and O–H groups in total. The molecular formula is C24H14ClNO8S. The van der Waals surface area contributed by atoms with Gasteiger partial charge in [0.1, 0.15) is 11.5 Å². The highest BCUT2D eigenvalue weighted by molar-refractivity contribution is 8.18. The summed E-state index contributed by atoms with van der Waals surface area (Å²) in [6, 6.07) is 12.6. The van der Waals surface area contributed by atoms with Crippen molar-refractivity contribution in [3.05, 3.63) is 87.0 Å². The number of Topliss-reactive ketones (excluding diaryl/α,β-unsaturated/α-hetero) is 1. The fourth-order valence-corrected chi connectivity index (χ4v) is 4.18. The number of carboxylic acid groups (broad SMARTS) is 2. The maximum Gasteiger partial charge on any atom is 0.335 e. The minimum Gasteiger partial charge on any atom is -0.478 e. The van der Waals surface area contributed by atoms with E-state index in [1.165, 1.54) is 54.6 Å². The number of rotatable bonds is 7. The van der Waals surface area contributed by atoms with Crippen LogP contribution in [0.2, 0.25) is 5.02 Å². The Hall–Kier alpha value is -4.15. The van der Waals surface area contributed by atoms with Gasteiger partial charge >= 0.3 is 11.9 Å². The lowest BCUT2D eigenvalue weighted by Crippen LogP contribution is -2.33. The molecule has 2 amide bonds. The summed E-state index contributed by atoms with van der Waals surface area (Å²) in [7, 11) is 0. The van der Waals surface area contributed by atoms with Crippen molar-refractivity contribution < 1.29 is 38.6 Å². The Morgan fingerprint density at radius 2 is 1.54 bits per heavy atom. The first-order valence-electron chi connectivity index (χ1n) is 9.88. The predicted octanol–water partition coefficient (Wildman–Crippen LogP) is 4.92. The number of nitrogens with zero attached hydrogens (tertiary/aromatic N) is 1. The molecule has 1 aromatic heterocycles. The Morgan fingerprint density at radius 3 is 2.14 bits per heavy atom. The number of carbonyl (C=O) groups excluding carboxylic acids is 3. The molecule has 11 heteroatoms. The maximum atomic E-state index is 12.7. The Bertz CT molecular complexity index is 1390. The highest BCUT2D eigenvalue weighted by Crippen LogP contribution is 2.34. The van der Waals surface area contributed by atoms with Crippen LogP contribution in [0.1, 0.15) is 36.8 Å². The monoisotopic (exact) mass is 511 g/mol. The van der Waals surface area contributed by atoms with E-state index >= 15 is 0 Å². The van der Waals surface area contributed by atoms with Gasteiger partial charge in [0.25, 0.3) is 11.1 Å². The number of hydrogen-bond donors (Lipinski definition) is 2. The molecule has 35 heavy (non-hydrogen) atoms. The molecule has 0 bridgehead atoms. The van der Waals surface area contributed by atoms with Gasteiger partial charge in [0, 0.05) is 22.2 Å². The van der Waals surface area contributed by atoms with Crippen LogP contribution >= 0.6 is 23.4 Å². The first kappa shape index (κ1) is 24.0. The van der Waals surface area contributed by atoms with Crippen LogP contribution in [-0.4, -0.2) is 50.5 Å². The Labute approximate surface area is 206 Å². The molecule has 176 valence electrons. The first-order valence-corrected chi connectivity index (χ1v) is 11.1. The summed E-state index contributed by atoms with van der Waals surface area (Å²) in [4.78, 5) is 61.1. The highest BCUT2D eigenvalue weighted by atomic mass is 35.5. The summed E-state index contributed by atoms with van der Waals surface area (Å²) in [5, 5.41) is 18.3. The van der Waals surface area contributed by atoms with Crippen LogP contribution in [0.3, 0.4) is 0 Å². The quantitative estimate of drug-likeness (QED) is 0.334. The van der Waals surface area contributed by atoms with Crippen molar-refractivity contribution in [3.63, 3.8) is 0 Å². The summed E-state index contributed by atoms with van der Waals surface area (Å²) in [6.45, 7) is -0.438. The third-order valence-electron chi connectivity index (χ3n) is 4.95. The largest absolute Gasteiger partial charge is 0.478 e. The molecule has 2 heterocycles. The molecular weight excluding hydrogens is 498 g/mol. The molecule has 0 atom stereocenters. The Morgan fingerprint density at radius 1 is 0.914 bits per heavy atom. The van der Waals surface area contributed by atoms with Crippen molar-refractivity contribution in [2.24, 2.45) is 0 Å². The lowest BCUT2D eigenvalue weighted by molar-refractivity contribution is -0.122. The number of imide groups is 1. The highest BCUT2D eigenvalue weighted by Gasteiger charge is 2.36. The molecule has 0 unspecified atom stereocenters. The van der Waals surface area contributed by atoms with Gasteiger partial charge in [0.05, 0.1) is 22.6 Å². The summed E-state index contributed by atoms with van der Waals surface area (Å²) >= 11 is 6.46. The number of carbonyl (C=O) groups is 5. The average molecular weight is 512 g/mol. The van der Waals surface area contributed by atoms with Gasteiger partial charge in [-0.1, -0.05) is 11.6 Å². The van der Waals surface area contributed by atoms with Crippen molar-refractivity contribution in [2.45, 2.75) is 0 Å². The normalized spacial score (nSPS) is 14.5. The number of hydrogen-bond acceptors (Lipinski definition) is 7. The summed E-state index contributed by atoms with van der Waals surface area (Å²) in [6.07, 6.45) is 1.32. The summed E-state index contributed by atoms with van der Waals surface area (Å²) in [5.41, 5.74) is 0.0506. The van der Waals surface area contributed by atoms with E-state index in [0.717, 1.165) is 11.0 Å². The zero-order chi connectivity index (χ0) is 25.3. The molecule has 3 aromatic rings. The standard InChI is InChI=1S/C24H14ClNO8S/c25-16-3-1-12(2-4-16)18(27)11-26-21(28)20(35-24(26)33)10-17-5-6-19(34-17)13-7-14(22(29)30)9-15(8-13)23(31)32/h1-10H,11H2,(H,29,30)(H,31,32)/b20-10+. The minimum atomic E-state index is -1.30. The van der Waals surface area contributed by atoms with Crippen LogP contribution in [0, 0.1) is 0 Å². The van der Waals surface area contributed by atoms with E-state index in [2.05, 4.69) is 0 Å². The molecule has 0 spiro atoms. The van der Waals surface area contributed by atoms with Crippen molar-refractivity contribution in [3.8, 4) is 11.3 Å². The number of thioether (sulfide) groups is 1. The first-order chi connectivity index (χ1) is 16.6. The zero-order valence-electron chi connectivity index (χ0n) is 17.6. The minimum absolute atomic E-state index is 0.0327. The summed E-state index contributed by atoms with van der Waals surface area (Å²) < 4.78 is 5.64. The van der Waals surface area contributed by atoms with Crippen LogP contribution in [-0.2, 0) is 4.79 Å². The second-order valence-electron chi connectivity index (χ2n) is 7.31. The zero-order valence-corrected chi connectivity index (χ0v) is 19.1. The van der Waals surface area contributed by atoms with Crippen molar-refractivity contribution in [1.29, 1.82) is 0 Å². The molecule has 1 aliphatic heterocycles. The molecule has 9 nitrogen and oxygen atoms in total. The van der Waals surface area contributed by atoms with E-state index in [9.17, 15) is 34.2 Å². The van der Waals surface area contributed by atoms with E-state index in [1.807, 2.05) is 0 Å². The van der Waals surface area contributed by atoms with E-state index in [-0.39, 0.29) is 33.1 Å². The van der Waals surface area contributed by atoms with Crippen LogP contribution in [0.25, 0.3) is 17.4 Å². The molecule has 4 rings (SSSR count). The fourth-order valence-electron chi connectivity index (χ4n) is 3.24. The van der Waals surface area contributed by atoms with Gasteiger partial charge < -0.3 is 14.6 Å². The van der Waals surface area contributed by atoms with Crippen molar-refractivity contribution >= 4 is 58.3 Å². The number of carboxylic acids is 2. The number of halogens is 1. The molecule has 0 radical (unpaired) electrons. The van der Waals surface area contributed by atoms with Gasteiger partial charge in [0.2, 0.25) is 0 Å². The van der Waals surface area contributed by atoms with Gasteiger partial charge in [0.15, 0.2) is 5.78 Å². The summed E-state index contributed by atoms with van der Waals surface area (Å²) in [5.74, 6) is -3.36. The van der Waals surface area contributed by atoms with Crippen LogP contribution in [0.4, 0.5) is 4.79 Å². The van der Waals surface area contributed by atoms with E-state index in [4.69, 9.17) is 16.0 Å². The van der Waals surface area contributed by atoms with Crippen LogP contribution in [0.15, 0.2) is 63.9 Å². The Balaban J connectivity index is 1.55. The SMILES string of the molecule is O=C(O)c1cc(C(=O)O)cc(-c2ccc(/C=C3/SC(=O)N(CC(=O)c4ccc(Cl)cc4)C3=O)o2)c1. The van der Waals surface area contributed by atoms with E-state index < -0.39 is 35.4 Å². The predicted molar refractivity (Wildman–Crippen MR) is 127 cm³/mol. The Kier molecular flexibility index (Phi) is 6.59. The average Bonchev–Trinajstić information content (AvgIpc) is 3.39. The third-order valence-corrected chi connectivity index (χ3v) is 6.11. The molecule has 1 saturated heterocycles. The van der Waals surface area contributed by atoms with Gasteiger partial charge in [-0.05, 0) is 66.4 Å². The maximum absolute atomic E-state index is 12.7. The number of ketones is 1. The fraction of sp³-hybridized carbons (Fsp3) is 0.0417. The third kappa shape index (κ3) is 5.18. The van der Waals surface area contributed by atoms with Gasteiger partial charge in [-0.3, -0.25) is 19.3 Å². The molecule has 0 aliphatic carbocycles. The number of furan rings is 1.